The Bertz CT molecular complexity index is 783. The molecule has 0 saturated heterocycles. The summed E-state index contributed by atoms with van der Waals surface area (Å²) < 4.78 is 13.2. The van der Waals surface area contributed by atoms with Gasteiger partial charge in [-0.1, -0.05) is 91.9 Å². The third kappa shape index (κ3) is 22.6. The Morgan fingerprint density at radius 1 is 0.705 bits per heavy atom. The van der Waals surface area contributed by atoms with E-state index in [4.69, 9.17) is 9.47 Å². The molecule has 0 spiro atoms. The second-order valence-corrected chi connectivity index (χ2v) is 13.2. The summed E-state index contributed by atoms with van der Waals surface area (Å²) in [5, 5.41) is 0. The van der Waals surface area contributed by atoms with Crippen LogP contribution in [0.25, 0.3) is 0 Å². The van der Waals surface area contributed by atoms with Gasteiger partial charge in [-0.25, -0.2) is 4.98 Å². The predicted octanol–water partition coefficient (Wildman–Crippen LogP) is 9.30. The molecule has 44 heavy (non-hydrogen) atoms. The Morgan fingerprint density at radius 2 is 1.18 bits per heavy atom. The third-order valence-electron chi connectivity index (χ3n) is 8.84. The van der Waals surface area contributed by atoms with Crippen LogP contribution in [0.2, 0.25) is 0 Å². The maximum Gasteiger partial charge on any atom is 0.305 e. The van der Waals surface area contributed by atoms with Crippen LogP contribution in [0, 0.1) is 18.8 Å². The van der Waals surface area contributed by atoms with Gasteiger partial charge >= 0.3 is 11.9 Å². The highest BCUT2D eigenvalue weighted by molar-refractivity contribution is 5.69. The number of carbonyl (C=O) groups excluding carboxylic acids is 2. The van der Waals surface area contributed by atoms with Gasteiger partial charge in [-0.05, 0) is 83.3 Å². The first-order valence-corrected chi connectivity index (χ1v) is 18.4. The quantitative estimate of drug-likeness (QED) is 0.0631. The molecule has 0 aliphatic heterocycles. The molecular weight excluding hydrogens is 550 g/mol. The minimum Gasteiger partial charge on any atom is -0.466 e. The molecule has 0 aliphatic carbocycles. The highest BCUT2D eigenvalue weighted by Crippen LogP contribution is 2.16. The van der Waals surface area contributed by atoms with Crippen molar-refractivity contribution < 1.29 is 19.1 Å². The van der Waals surface area contributed by atoms with E-state index in [9.17, 15) is 9.59 Å². The summed E-state index contributed by atoms with van der Waals surface area (Å²) >= 11 is 0. The molecule has 0 amide bonds. The Hall–Kier alpha value is -1.89. The number of esters is 2. The van der Waals surface area contributed by atoms with Crippen molar-refractivity contribution >= 4 is 11.9 Å². The number of imidazole rings is 1. The zero-order valence-electron chi connectivity index (χ0n) is 29.5. The molecule has 1 aromatic rings. The molecule has 0 radical (unpaired) electrons. The lowest BCUT2D eigenvalue weighted by Gasteiger charge is -2.22. The molecule has 1 rings (SSSR count). The monoisotopic (exact) mass is 620 g/mol. The molecule has 0 N–H and O–H groups in total. The van der Waals surface area contributed by atoms with Gasteiger partial charge in [0.05, 0.1) is 13.2 Å². The maximum absolute atomic E-state index is 12.0. The van der Waals surface area contributed by atoms with E-state index in [1.165, 1.54) is 64.2 Å². The van der Waals surface area contributed by atoms with E-state index >= 15 is 0 Å². The minimum atomic E-state index is -0.0294. The standard InChI is InChI=1S/C37H69N3O4/c1-6-8-19-33(3)21-23-36(41)43-31-16-12-10-14-26-39(28-18-29-40-30-25-38-35(40)5)27-15-11-13-17-32-44-37(42)24-22-34(4)20-9-7-2/h25,30,33-34H,6-24,26-29,31-32H2,1-5H3. The summed E-state index contributed by atoms with van der Waals surface area (Å²) in [5.41, 5.74) is 0. The van der Waals surface area contributed by atoms with Crippen LogP contribution in [0.1, 0.15) is 156 Å². The van der Waals surface area contributed by atoms with Crippen molar-refractivity contribution in [3.63, 3.8) is 0 Å². The Kier molecular flexibility index (Phi) is 25.0. The fourth-order valence-electron chi connectivity index (χ4n) is 5.66. The predicted molar refractivity (Wildman–Crippen MR) is 183 cm³/mol. The number of unbranched alkanes of at least 4 members (excludes halogenated alkanes) is 8. The van der Waals surface area contributed by atoms with E-state index in [1.807, 2.05) is 6.20 Å². The lowest BCUT2D eigenvalue weighted by atomic mass is 9.99. The Balaban J connectivity index is 2.20. The molecule has 7 nitrogen and oxygen atoms in total. The topological polar surface area (TPSA) is 73.7 Å². The molecule has 1 aromatic heterocycles. The number of nitrogens with zero attached hydrogens (tertiary/aromatic N) is 3. The second kappa shape index (κ2) is 27.4. The van der Waals surface area contributed by atoms with Crippen LogP contribution in [0.4, 0.5) is 0 Å². The molecule has 0 bridgehead atoms. The van der Waals surface area contributed by atoms with E-state index in [0.29, 0.717) is 37.9 Å². The fraction of sp³-hybridized carbons (Fsp3) is 0.865. The van der Waals surface area contributed by atoms with Crippen LogP contribution in [0.5, 0.6) is 0 Å². The van der Waals surface area contributed by atoms with Crippen molar-refractivity contribution in [2.45, 2.75) is 163 Å². The third-order valence-corrected chi connectivity index (χ3v) is 8.84. The smallest absolute Gasteiger partial charge is 0.305 e. The van der Waals surface area contributed by atoms with Gasteiger partial charge in [0.1, 0.15) is 5.82 Å². The molecule has 0 saturated carbocycles. The molecule has 0 aromatic carbocycles. The molecule has 2 unspecified atom stereocenters. The number of hydrogen-bond donors (Lipinski definition) is 0. The van der Waals surface area contributed by atoms with E-state index < -0.39 is 0 Å². The first-order chi connectivity index (χ1) is 21.3. The lowest BCUT2D eigenvalue weighted by molar-refractivity contribution is -0.145. The highest BCUT2D eigenvalue weighted by atomic mass is 16.5. The van der Waals surface area contributed by atoms with Gasteiger partial charge in [0.15, 0.2) is 0 Å². The highest BCUT2D eigenvalue weighted by Gasteiger charge is 2.10. The molecule has 256 valence electrons. The van der Waals surface area contributed by atoms with Crippen molar-refractivity contribution in [1.29, 1.82) is 0 Å². The largest absolute Gasteiger partial charge is 0.466 e. The van der Waals surface area contributed by atoms with Crippen LogP contribution in [0.3, 0.4) is 0 Å². The second-order valence-electron chi connectivity index (χ2n) is 13.2. The number of hydrogen-bond acceptors (Lipinski definition) is 6. The summed E-state index contributed by atoms with van der Waals surface area (Å²) in [5.74, 6) is 2.24. The average Bonchev–Trinajstić information content (AvgIpc) is 3.43. The van der Waals surface area contributed by atoms with Crippen molar-refractivity contribution in [2.75, 3.05) is 32.8 Å². The van der Waals surface area contributed by atoms with E-state index in [-0.39, 0.29) is 11.9 Å². The van der Waals surface area contributed by atoms with Crippen LogP contribution >= 0.6 is 0 Å². The molecule has 0 aliphatic rings. The maximum atomic E-state index is 12.0. The zero-order valence-corrected chi connectivity index (χ0v) is 29.5. The number of aromatic nitrogens is 2. The SMILES string of the molecule is CCCCC(C)CCC(=O)OCCCCCCN(CCCCCCOC(=O)CCC(C)CCCC)CCCn1ccnc1C. The summed E-state index contributed by atoms with van der Waals surface area (Å²) in [4.78, 5) is 31.0. The van der Waals surface area contributed by atoms with Crippen molar-refractivity contribution in [1.82, 2.24) is 14.5 Å². The molecule has 1 heterocycles. The lowest BCUT2D eigenvalue weighted by Crippen LogP contribution is -2.28. The first kappa shape index (κ1) is 40.1. The van der Waals surface area contributed by atoms with Gasteiger partial charge in [-0.3, -0.25) is 9.59 Å². The summed E-state index contributed by atoms with van der Waals surface area (Å²) in [6.45, 7) is 16.4. The van der Waals surface area contributed by atoms with Gasteiger partial charge < -0.3 is 18.9 Å². The van der Waals surface area contributed by atoms with Crippen LogP contribution in [0.15, 0.2) is 12.4 Å². The van der Waals surface area contributed by atoms with Crippen molar-refractivity contribution in [2.24, 2.45) is 11.8 Å². The summed E-state index contributed by atoms with van der Waals surface area (Å²) in [6, 6.07) is 0. The Labute approximate surface area is 271 Å². The summed E-state index contributed by atoms with van der Waals surface area (Å²) in [7, 11) is 0. The average molecular weight is 620 g/mol. The molecule has 7 heteroatoms. The van der Waals surface area contributed by atoms with Gasteiger partial charge in [-0.15, -0.1) is 0 Å². The van der Waals surface area contributed by atoms with E-state index in [1.54, 1.807) is 0 Å². The van der Waals surface area contributed by atoms with Gasteiger partial charge in [0.25, 0.3) is 0 Å². The zero-order chi connectivity index (χ0) is 32.3. The first-order valence-electron chi connectivity index (χ1n) is 18.4. The van der Waals surface area contributed by atoms with E-state index in [2.05, 4.69) is 55.3 Å². The molecular formula is C37H69N3O4. The molecule has 0 fully saturated rings. The summed E-state index contributed by atoms with van der Waals surface area (Å²) in [6.07, 6.45) is 24.3. The van der Waals surface area contributed by atoms with Gasteiger partial charge in [0, 0.05) is 31.8 Å². The van der Waals surface area contributed by atoms with Crippen molar-refractivity contribution in [3.05, 3.63) is 18.2 Å². The fourth-order valence-corrected chi connectivity index (χ4v) is 5.66. The van der Waals surface area contributed by atoms with Crippen molar-refractivity contribution in [3.8, 4) is 0 Å². The van der Waals surface area contributed by atoms with Crippen LogP contribution < -0.4 is 0 Å². The van der Waals surface area contributed by atoms with Gasteiger partial charge in [-0.2, -0.15) is 0 Å². The number of carbonyl (C=O) groups is 2. The van der Waals surface area contributed by atoms with Crippen LogP contribution in [-0.4, -0.2) is 59.2 Å². The van der Waals surface area contributed by atoms with Crippen LogP contribution in [-0.2, 0) is 25.6 Å². The normalized spacial score (nSPS) is 12.9. The molecule has 2 atom stereocenters. The minimum absolute atomic E-state index is 0.0294. The number of rotatable bonds is 30. The Morgan fingerprint density at radius 3 is 1.64 bits per heavy atom. The van der Waals surface area contributed by atoms with Gasteiger partial charge in [0.2, 0.25) is 0 Å². The number of aryl methyl sites for hydroxylation is 2. The van der Waals surface area contributed by atoms with E-state index in [0.717, 1.165) is 76.9 Å². The number of ether oxygens (including phenoxy) is 2.